The molecule has 0 aliphatic rings. The molecule has 1 aromatic rings. The average Bonchev–Trinajstić information content (AvgIpc) is 2.08. The Labute approximate surface area is 84.3 Å². The Hall–Kier alpha value is -1.09. The van der Waals surface area contributed by atoms with Gasteiger partial charge in [0, 0.05) is 11.2 Å². The van der Waals surface area contributed by atoms with Gasteiger partial charge < -0.3 is 11.1 Å². The van der Waals surface area contributed by atoms with Crippen LogP contribution in [-0.4, -0.2) is 12.1 Å². The number of halogens is 1. The topological polar surface area (TPSA) is 38.0 Å². The SMILES string of the molecule is CC(C)(CCN)Nc1ccc(F)cc1. The van der Waals surface area contributed by atoms with Crippen molar-refractivity contribution in [3.63, 3.8) is 0 Å². The molecule has 0 atom stereocenters. The summed E-state index contributed by atoms with van der Waals surface area (Å²) in [5.74, 6) is -0.216. The predicted octanol–water partition coefficient (Wildman–Crippen LogP) is 2.37. The van der Waals surface area contributed by atoms with Crippen molar-refractivity contribution >= 4 is 5.69 Å². The predicted molar refractivity (Wildman–Crippen MR) is 57.8 cm³/mol. The van der Waals surface area contributed by atoms with Gasteiger partial charge in [0.1, 0.15) is 5.82 Å². The van der Waals surface area contributed by atoms with E-state index in [4.69, 9.17) is 5.73 Å². The summed E-state index contributed by atoms with van der Waals surface area (Å²) in [6.45, 7) is 4.79. The highest BCUT2D eigenvalue weighted by molar-refractivity contribution is 5.44. The van der Waals surface area contributed by atoms with Gasteiger partial charge in [0.25, 0.3) is 0 Å². The average molecular weight is 196 g/mol. The van der Waals surface area contributed by atoms with E-state index in [1.807, 2.05) is 0 Å². The fourth-order valence-corrected chi connectivity index (χ4v) is 1.35. The summed E-state index contributed by atoms with van der Waals surface area (Å²) < 4.78 is 12.6. The Morgan fingerprint density at radius 3 is 2.36 bits per heavy atom. The summed E-state index contributed by atoms with van der Waals surface area (Å²) in [6, 6.07) is 6.35. The van der Waals surface area contributed by atoms with Crippen molar-refractivity contribution in [3.05, 3.63) is 30.1 Å². The first kappa shape index (κ1) is 11.0. The van der Waals surface area contributed by atoms with Gasteiger partial charge in [0.15, 0.2) is 0 Å². The molecule has 0 unspecified atom stereocenters. The van der Waals surface area contributed by atoms with Gasteiger partial charge in [0.2, 0.25) is 0 Å². The van der Waals surface area contributed by atoms with Crippen molar-refractivity contribution in [1.29, 1.82) is 0 Å². The van der Waals surface area contributed by atoms with Crippen LogP contribution in [0.25, 0.3) is 0 Å². The van der Waals surface area contributed by atoms with Gasteiger partial charge in [-0.2, -0.15) is 0 Å². The van der Waals surface area contributed by atoms with E-state index in [0.29, 0.717) is 6.54 Å². The van der Waals surface area contributed by atoms with E-state index in [2.05, 4.69) is 19.2 Å². The molecule has 0 saturated heterocycles. The molecule has 0 bridgehead atoms. The van der Waals surface area contributed by atoms with Crippen LogP contribution in [0.3, 0.4) is 0 Å². The molecule has 0 radical (unpaired) electrons. The first-order valence-electron chi connectivity index (χ1n) is 4.77. The van der Waals surface area contributed by atoms with Crippen molar-refractivity contribution in [1.82, 2.24) is 0 Å². The molecule has 2 nitrogen and oxygen atoms in total. The molecule has 3 heteroatoms. The molecule has 0 saturated carbocycles. The molecular formula is C11H17FN2. The Balaban J connectivity index is 2.64. The van der Waals surface area contributed by atoms with E-state index < -0.39 is 0 Å². The third kappa shape index (κ3) is 3.34. The minimum Gasteiger partial charge on any atom is -0.380 e. The molecule has 0 aliphatic heterocycles. The van der Waals surface area contributed by atoms with Crippen molar-refractivity contribution in [2.24, 2.45) is 5.73 Å². The van der Waals surface area contributed by atoms with E-state index in [1.165, 1.54) is 12.1 Å². The molecule has 0 spiro atoms. The summed E-state index contributed by atoms with van der Waals surface area (Å²) in [6.07, 6.45) is 0.879. The molecule has 0 fully saturated rings. The van der Waals surface area contributed by atoms with Gasteiger partial charge in [-0.05, 0) is 51.1 Å². The third-order valence-corrected chi connectivity index (χ3v) is 2.10. The first-order chi connectivity index (χ1) is 6.53. The molecule has 0 aromatic heterocycles. The smallest absolute Gasteiger partial charge is 0.123 e. The summed E-state index contributed by atoms with van der Waals surface area (Å²) in [5.41, 5.74) is 6.36. The quantitative estimate of drug-likeness (QED) is 0.775. The Morgan fingerprint density at radius 2 is 1.86 bits per heavy atom. The highest BCUT2D eigenvalue weighted by atomic mass is 19.1. The number of rotatable bonds is 4. The lowest BCUT2D eigenvalue weighted by Gasteiger charge is -2.26. The zero-order chi connectivity index (χ0) is 10.6. The first-order valence-corrected chi connectivity index (χ1v) is 4.77. The molecule has 3 N–H and O–H groups in total. The van der Waals surface area contributed by atoms with Gasteiger partial charge in [-0.3, -0.25) is 0 Å². The lowest BCUT2D eigenvalue weighted by atomic mass is 10.0. The van der Waals surface area contributed by atoms with Crippen LogP contribution in [0.1, 0.15) is 20.3 Å². The second kappa shape index (κ2) is 4.42. The number of hydrogen-bond acceptors (Lipinski definition) is 2. The highest BCUT2D eigenvalue weighted by Gasteiger charge is 2.15. The van der Waals surface area contributed by atoms with Gasteiger partial charge >= 0.3 is 0 Å². The van der Waals surface area contributed by atoms with E-state index in [9.17, 15) is 4.39 Å². The van der Waals surface area contributed by atoms with Gasteiger partial charge in [0.05, 0.1) is 0 Å². The molecule has 0 heterocycles. The van der Waals surface area contributed by atoms with E-state index in [1.54, 1.807) is 12.1 Å². The normalized spacial score (nSPS) is 11.4. The van der Waals surface area contributed by atoms with Crippen molar-refractivity contribution in [3.8, 4) is 0 Å². The van der Waals surface area contributed by atoms with E-state index >= 15 is 0 Å². The number of nitrogens with one attached hydrogen (secondary N) is 1. The number of anilines is 1. The maximum Gasteiger partial charge on any atom is 0.123 e. The second-order valence-corrected chi connectivity index (χ2v) is 4.05. The van der Waals surface area contributed by atoms with Crippen LogP contribution in [0, 0.1) is 5.82 Å². The fraction of sp³-hybridized carbons (Fsp3) is 0.455. The highest BCUT2D eigenvalue weighted by Crippen LogP contribution is 2.17. The van der Waals surface area contributed by atoms with Crippen LogP contribution in [-0.2, 0) is 0 Å². The molecule has 0 amide bonds. The lowest BCUT2D eigenvalue weighted by Crippen LogP contribution is -2.33. The van der Waals surface area contributed by atoms with Crippen molar-refractivity contribution in [2.45, 2.75) is 25.8 Å². The summed E-state index contributed by atoms with van der Waals surface area (Å²) >= 11 is 0. The monoisotopic (exact) mass is 196 g/mol. The van der Waals surface area contributed by atoms with E-state index in [-0.39, 0.29) is 11.4 Å². The summed E-state index contributed by atoms with van der Waals surface area (Å²) in [7, 11) is 0. The maximum absolute atomic E-state index is 12.6. The van der Waals surface area contributed by atoms with Crippen molar-refractivity contribution in [2.75, 3.05) is 11.9 Å². The molecule has 78 valence electrons. The van der Waals surface area contributed by atoms with Gasteiger partial charge in [-0.1, -0.05) is 0 Å². The standard InChI is InChI=1S/C11H17FN2/c1-11(2,7-8-13)14-10-5-3-9(12)4-6-10/h3-6,14H,7-8,13H2,1-2H3. The van der Waals surface area contributed by atoms with Gasteiger partial charge in [-0.15, -0.1) is 0 Å². The minimum absolute atomic E-state index is 0.0490. The van der Waals surface area contributed by atoms with Gasteiger partial charge in [-0.25, -0.2) is 4.39 Å². The Morgan fingerprint density at radius 1 is 1.29 bits per heavy atom. The minimum atomic E-state index is -0.216. The molecular weight excluding hydrogens is 179 g/mol. The zero-order valence-corrected chi connectivity index (χ0v) is 8.68. The number of hydrogen-bond donors (Lipinski definition) is 2. The maximum atomic E-state index is 12.6. The van der Waals surface area contributed by atoms with Crippen LogP contribution in [0.4, 0.5) is 10.1 Å². The van der Waals surface area contributed by atoms with Crippen LogP contribution < -0.4 is 11.1 Å². The lowest BCUT2D eigenvalue weighted by molar-refractivity contribution is 0.526. The fourth-order valence-electron chi connectivity index (χ4n) is 1.35. The zero-order valence-electron chi connectivity index (χ0n) is 8.68. The Bertz CT molecular complexity index is 280. The number of benzene rings is 1. The molecule has 0 aliphatic carbocycles. The summed E-state index contributed by atoms with van der Waals surface area (Å²) in [4.78, 5) is 0. The van der Waals surface area contributed by atoms with Crippen LogP contribution in [0.5, 0.6) is 0 Å². The van der Waals surface area contributed by atoms with E-state index in [0.717, 1.165) is 12.1 Å². The molecule has 14 heavy (non-hydrogen) atoms. The third-order valence-electron chi connectivity index (χ3n) is 2.10. The van der Waals surface area contributed by atoms with Crippen LogP contribution in [0.15, 0.2) is 24.3 Å². The molecule has 1 aromatic carbocycles. The molecule has 1 rings (SSSR count). The largest absolute Gasteiger partial charge is 0.380 e. The number of nitrogens with two attached hydrogens (primary N) is 1. The van der Waals surface area contributed by atoms with Crippen molar-refractivity contribution < 1.29 is 4.39 Å². The van der Waals surface area contributed by atoms with Crippen LogP contribution >= 0.6 is 0 Å². The summed E-state index contributed by atoms with van der Waals surface area (Å²) in [5, 5.41) is 3.30. The Kier molecular flexibility index (Phi) is 3.47. The second-order valence-electron chi connectivity index (χ2n) is 4.05. The van der Waals surface area contributed by atoms with Crippen LogP contribution in [0.2, 0.25) is 0 Å².